The molecule has 34 heavy (non-hydrogen) atoms. The van der Waals surface area contributed by atoms with Crippen LogP contribution in [0.5, 0.6) is 11.5 Å². The average molecular weight is 493 g/mol. The van der Waals surface area contributed by atoms with Crippen LogP contribution >= 0.6 is 23.1 Å². The van der Waals surface area contributed by atoms with Crippen molar-refractivity contribution in [2.45, 2.75) is 13.5 Å². The molecule has 0 saturated carbocycles. The number of aromatic nitrogens is 1. The number of ether oxygens (including phenoxy) is 2. The molecule has 6 nitrogen and oxygen atoms in total. The Hall–Kier alpha value is -3.36. The number of esters is 1. The predicted molar refractivity (Wildman–Crippen MR) is 137 cm³/mol. The molecule has 0 N–H and O–H groups in total. The number of para-hydroxylation sites is 2. The zero-order valence-corrected chi connectivity index (χ0v) is 20.5. The molecule has 8 heteroatoms. The molecule has 1 heterocycles. The minimum Gasteiger partial charge on any atom is -0.462 e. The lowest BCUT2D eigenvalue weighted by molar-refractivity contribution is 0.0526. The van der Waals surface area contributed by atoms with Crippen molar-refractivity contribution in [2.75, 3.05) is 18.6 Å². The van der Waals surface area contributed by atoms with Gasteiger partial charge in [0.15, 0.2) is 4.80 Å². The fourth-order valence-corrected chi connectivity index (χ4v) is 4.85. The normalized spacial score (nSPS) is 11.5. The van der Waals surface area contributed by atoms with E-state index in [-0.39, 0.29) is 11.9 Å². The number of rotatable bonds is 8. The zero-order valence-electron chi connectivity index (χ0n) is 18.9. The van der Waals surface area contributed by atoms with Crippen LogP contribution in [-0.4, -0.2) is 35.1 Å². The maximum absolute atomic E-state index is 13.3. The molecular weight excluding hydrogens is 468 g/mol. The van der Waals surface area contributed by atoms with Crippen molar-refractivity contribution in [2.24, 2.45) is 4.99 Å². The van der Waals surface area contributed by atoms with Crippen molar-refractivity contribution >= 4 is 45.2 Å². The summed E-state index contributed by atoms with van der Waals surface area (Å²) in [5.41, 5.74) is 1.78. The predicted octanol–water partition coefficient (Wildman–Crippen LogP) is 5.78. The molecule has 0 fully saturated rings. The molecule has 4 rings (SSSR count). The second-order valence-electron chi connectivity index (χ2n) is 7.26. The van der Waals surface area contributed by atoms with Gasteiger partial charge >= 0.3 is 5.97 Å². The van der Waals surface area contributed by atoms with Gasteiger partial charge in [-0.15, -0.1) is 0 Å². The molecule has 4 aromatic rings. The van der Waals surface area contributed by atoms with Crippen LogP contribution in [0.15, 0.2) is 77.8 Å². The summed E-state index contributed by atoms with van der Waals surface area (Å²) in [4.78, 5) is 30.5. The molecule has 0 radical (unpaired) electrons. The van der Waals surface area contributed by atoms with Crippen LogP contribution in [0.2, 0.25) is 0 Å². The number of carbonyl (C=O) groups excluding carboxylic acids is 2. The Kier molecular flexibility index (Phi) is 7.82. The lowest BCUT2D eigenvalue weighted by atomic mass is 10.2. The summed E-state index contributed by atoms with van der Waals surface area (Å²) in [5.74, 6) is 1.20. The van der Waals surface area contributed by atoms with Gasteiger partial charge in [0.1, 0.15) is 11.5 Å². The molecule has 0 spiro atoms. The summed E-state index contributed by atoms with van der Waals surface area (Å²) in [6.07, 6.45) is 2.03. The fourth-order valence-electron chi connectivity index (χ4n) is 3.39. The lowest BCUT2D eigenvalue weighted by Crippen LogP contribution is -2.18. The first-order chi connectivity index (χ1) is 16.6. The van der Waals surface area contributed by atoms with E-state index < -0.39 is 0 Å². The van der Waals surface area contributed by atoms with Crippen molar-refractivity contribution in [3.63, 3.8) is 0 Å². The van der Waals surface area contributed by atoms with Crippen LogP contribution in [0.4, 0.5) is 0 Å². The van der Waals surface area contributed by atoms with E-state index in [4.69, 9.17) is 9.47 Å². The third-order valence-corrected chi connectivity index (χ3v) is 6.63. The Morgan fingerprint density at radius 3 is 2.56 bits per heavy atom. The van der Waals surface area contributed by atoms with E-state index in [1.165, 1.54) is 11.3 Å². The van der Waals surface area contributed by atoms with E-state index in [1.807, 2.05) is 53.3 Å². The average Bonchev–Trinajstić information content (AvgIpc) is 3.19. The van der Waals surface area contributed by atoms with Crippen LogP contribution < -0.4 is 9.54 Å². The Balaban J connectivity index is 1.75. The Bertz CT molecular complexity index is 1380. The number of thioether (sulfide) groups is 1. The van der Waals surface area contributed by atoms with Crippen molar-refractivity contribution < 1.29 is 19.1 Å². The van der Waals surface area contributed by atoms with Gasteiger partial charge in [-0.1, -0.05) is 41.7 Å². The molecule has 0 aliphatic carbocycles. The largest absolute Gasteiger partial charge is 0.462 e. The third kappa shape index (κ3) is 5.40. The van der Waals surface area contributed by atoms with Gasteiger partial charge in [-0.05, 0) is 55.6 Å². The van der Waals surface area contributed by atoms with Gasteiger partial charge < -0.3 is 14.0 Å². The van der Waals surface area contributed by atoms with E-state index in [2.05, 4.69) is 4.99 Å². The summed E-state index contributed by atoms with van der Waals surface area (Å²) in [7, 11) is 0. The molecule has 0 aliphatic rings. The molecule has 0 aliphatic heterocycles. The SMILES string of the molecule is CCOC(=O)c1ccc2c(c1)sc(=NC(=O)c1ccccc1Oc1ccccc1)n2CCSC. The molecule has 3 aromatic carbocycles. The molecule has 1 amide bonds. The molecule has 1 aromatic heterocycles. The summed E-state index contributed by atoms with van der Waals surface area (Å²) >= 11 is 3.09. The minimum atomic E-state index is -0.387. The summed E-state index contributed by atoms with van der Waals surface area (Å²) in [5, 5.41) is 0. The quantitative estimate of drug-likeness (QED) is 0.292. The first-order valence-electron chi connectivity index (χ1n) is 10.8. The van der Waals surface area contributed by atoms with Gasteiger partial charge in [-0.3, -0.25) is 4.79 Å². The first-order valence-corrected chi connectivity index (χ1v) is 13.0. The number of thiazole rings is 1. The monoisotopic (exact) mass is 492 g/mol. The van der Waals surface area contributed by atoms with Crippen LogP contribution in [-0.2, 0) is 11.3 Å². The van der Waals surface area contributed by atoms with Crippen molar-refractivity contribution in [3.05, 3.63) is 88.7 Å². The number of aryl methyl sites for hydroxylation is 1. The van der Waals surface area contributed by atoms with Crippen LogP contribution in [0, 0.1) is 0 Å². The summed E-state index contributed by atoms with van der Waals surface area (Å²) < 4.78 is 14.0. The van der Waals surface area contributed by atoms with E-state index in [9.17, 15) is 9.59 Å². The second-order valence-corrected chi connectivity index (χ2v) is 9.25. The van der Waals surface area contributed by atoms with Crippen molar-refractivity contribution in [1.82, 2.24) is 4.57 Å². The fraction of sp³-hybridized carbons (Fsp3) is 0.192. The zero-order chi connectivity index (χ0) is 23.9. The molecule has 0 atom stereocenters. The topological polar surface area (TPSA) is 69.9 Å². The minimum absolute atomic E-state index is 0.314. The smallest absolute Gasteiger partial charge is 0.338 e. The number of carbonyl (C=O) groups is 2. The maximum atomic E-state index is 13.3. The van der Waals surface area contributed by atoms with Gasteiger partial charge in [0, 0.05) is 12.3 Å². The van der Waals surface area contributed by atoms with Crippen molar-refractivity contribution in [1.29, 1.82) is 0 Å². The highest BCUT2D eigenvalue weighted by Crippen LogP contribution is 2.26. The van der Waals surface area contributed by atoms with Gasteiger partial charge in [-0.2, -0.15) is 16.8 Å². The van der Waals surface area contributed by atoms with Gasteiger partial charge in [0.05, 0.1) is 28.0 Å². The number of hydrogen-bond donors (Lipinski definition) is 0. The van der Waals surface area contributed by atoms with Crippen LogP contribution in [0.1, 0.15) is 27.6 Å². The number of benzene rings is 3. The third-order valence-electron chi connectivity index (χ3n) is 5.00. The molecule has 0 bridgehead atoms. The molecular formula is C26H24N2O4S2. The molecule has 174 valence electrons. The van der Waals surface area contributed by atoms with Crippen molar-refractivity contribution in [3.8, 4) is 11.5 Å². The first kappa shape index (κ1) is 23.8. The van der Waals surface area contributed by atoms with Crippen LogP contribution in [0.3, 0.4) is 0 Å². The molecule has 0 saturated heterocycles. The second kappa shape index (κ2) is 11.2. The van der Waals surface area contributed by atoms with Gasteiger partial charge in [-0.25, -0.2) is 4.79 Å². The van der Waals surface area contributed by atoms with Crippen LogP contribution in [0.25, 0.3) is 10.2 Å². The van der Waals surface area contributed by atoms with E-state index in [1.54, 1.807) is 49.0 Å². The summed E-state index contributed by atoms with van der Waals surface area (Å²) in [6, 6.07) is 21.8. The number of amides is 1. The van der Waals surface area contributed by atoms with Gasteiger partial charge in [0.25, 0.3) is 5.91 Å². The van der Waals surface area contributed by atoms with Gasteiger partial charge in [0.2, 0.25) is 0 Å². The Labute approximate surface area is 205 Å². The number of fused-ring (bicyclic) bond motifs is 1. The molecule has 0 unspecified atom stereocenters. The lowest BCUT2D eigenvalue weighted by Gasteiger charge is -2.09. The van der Waals surface area contributed by atoms with E-state index >= 15 is 0 Å². The Morgan fingerprint density at radius 2 is 1.79 bits per heavy atom. The van der Waals surface area contributed by atoms with E-state index in [0.29, 0.717) is 40.6 Å². The Morgan fingerprint density at radius 1 is 1.03 bits per heavy atom. The highest BCUT2D eigenvalue weighted by molar-refractivity contribution is 7.98. The standard InChI is InChI=1S/C26H24N2O4S2/c1-3-31-25(30)18-13-14-21-23(17-18)34-26(28(21)15-16-33-2)27-24(29)20-11-7-8-12-22(20)32-19-9-5-4-6-10-19/h4-14,17H,3,15-16H2,1-2H3. The highest BCUT2D eigenvalue weighted by Gasteiger charge is 2.15. The highest BCUT2D eigenvalue weighted by atomic mass is 32.2. The maximum Gasteiger partial charge on any atom is 0.338 e. The number of hydrogen-bond acceptors (Lipinski definition) is 6. The summed E-state index contributed by atoms with van der Waals surface area (Å²) in [6.45, 7) is 2.78. The van der Waals surface area contributed by atoms with E-state index in [0.717, 1.165) is 16.0 Å². The number of nitrogens with zero attached hydrogens (tertiary/aromatic N) is 2.